The van der Waals surface area contributed by atoms with Gasteiger partial charge in [-0.25, -0.2) is 9.78 Å². The summed E-state index contributed by atoms with van der Waals surface area (Å²) < 4.78 is 0. The van der Waals surface area contributed by atoms with E-state index < -0.39 is 12.0 Å². The lowest BCUT2D eigenvalue weighted by molar-refractivity contribution is -0.152. The molecule has 1 aromatic rings. The van der Waals surface area contributed by atoms with Gasteiger partial charge in [-0.2, -0.15) is 0 Å². The number of aliphatic carboxylic acids is 1. The van der Waals surface area contributed by atoms with Crippen molar-refractivity contribution in [2.24, 2.45) is 16.7 Å². The van der Waals surface area contributed by atoms with Crippen molar-refractivity contribution in [3.05, 3.63) is 17.7 Å². The van der Waals surface area contributed by atoms with E-state index in [-0.39, 0.29) is 29.1 Å². The molecule has 1 aliphatic carbocycles. The fraction of sp³-hybridized carbons (Fsp3) is 0.667. The molecule has 1 fully saturated rings. The molecule has 0 bridgehead atoms. The Kier molecular flexibility index (Phi) is 2.74. The van der Waals surface area contributed by atoms with Crippen LogP contribution in [0.1, 0.15) is 39.1 Å². The first-order chi connectivity index (χ1) is 9.68. The molecular formula is C15H21N3O3. The van der Waals surface area contributed by atoms with Gasteiger partial charge >= 0.3 is 5.97 Å². The highest BCUT2D eigenvalue weighted by molar-refractivity contribution is 5.89. The van der Waals surface area contributed by atoms with Crippen LogP contribution < -0.4 is 0 Å². The highest BCUT2D eigenvalue weighted by atomic mass is 16.4. The van der Waals surface area contributed by atoms with Gasteiger partial charge in [0.1, 0.15) is 6.04 Å². The molecule has 2 aliphatic rings. The maximum atomic E-state index is 12.9. The number of hydrogen-bond acceptors (Lipinski definition) is 3. The van der Waals surface area contributed by atoms with Crippen molar-refractivity contribution in [2.45, 2.75) is 46.7 Å². The number of amides is 1. The number of rotatable bonds is 2. The fourth-order valence-corrected chi connectivity index (χ4v) is 3.67. The van der Waals surface area contributed by atoms with Gasteiger partial charge in [0.15, 0.2) is 0 Å². The number of nitrogens with one attached hydrogen (secondary N) is 1. The van der Waals surface area contributed by atoms with E-state index in [4.69, 9.17) is 0 Å². The van der Waals surface area contributed by atoms with Crippen LogP contribution in [0.2, 0.25) is 0 Å². The lowest BCUT2D eigenvalue weighted by atomic mass is 10.0. The number of carboxylic acid groups (broad SMARTS) is 1. The van der Waals surface area contributed by atoms with Crippen molar-refractivity contribution in [1.82, 2.24) is 14.9 Å². The summed E-state index contributed by atoms with van der Waals surface area (Å²) in [5, 5.41) is 9.45. The number of imidazole rings is 1. The van der Waals surface area contributed by atoms with Crippen LogP contribution in [0.25, 0.3) is 0 Å². The van der Waals surface area contributed by atoms with Crippen molar-refractivity contribution in [1.29, 1.82) is 0 Å². The zero-order chi connectivity index (χ0) is 15.6. The largest absolute Gasteiger partial charge is 0.480 e. The van der Waals surface area contributed by atoms with Gasteiger partial charge in [-0.1, -0.05) is 27.7 Å². The highest BCUT2D eigenvalue weighted by Gasteiger charge is 2.69. The molecule has 1 atom stereocenters. The summed E-state index contributed by atoms with van der Waals surface area (Å²) in [7, 11) is 0. The fourth-order valence-electron chi connectivity index (χ4n) is 3.67. The summed E-state index contributed by atoms with van der Waals surface area (Å²) in [6, 6.07) is -0.819. The molecule has 1 saturated carbocycles. The normalized spacial score (nSPS) is 26.3. The molecule has 1 unspecified atom stereocenters. The standard InChI is InChI=1S/C15H21N3O3/c1-14(2)11(15(14,3)4)12(19)18-6-9-8(16-7-17-9)5-10(18)13(20)21/h7,10-11H,5-6H2,1-4H3,(H,16,17)(H,20,21). The number of aromatic amines is 1. The maximum Gasteiger partial charge on any atom is 0.326 e. The van der Waals surface area contributed by atoms with Crippen molar-refractivity contribution >= 4 is 11.9 Å². The number of carbonyl (C=O) groups excluding carboxylic acids is 1. The van der Waals surface area contributed by atoms with Gasteiger partial charge in [-0.05, 0) is 10.8 Å². The van der Waals surface area contributed by atoms with Crippen LogP contribution in [-0.4, -0.2) is 37.9 Å². The third-order valence-electron chi connectivity index (χ3n) is 5.73. The van der Waals surface area contributed by atoms with E-state index in [1.807, 2.05) is 0 Å². The van der Waals surface area contributed by atoms with Gasteiger partial charge in [0, 0.05) is 12.3 Å². The molecule has 114 valence electrons. The summed E-state index contributed by atoms with van der Waals surface area (Å²) in [6.45, 7) is 8.56. The quantitative estimate of drug-likeness (QED) is 0.863. The van der Waals surface area contributed by atoms with E-state index in [0.29, 0.717) is 6.54 Å². The average molecular weight is 291 g/mol. The van der Waals surface area contributed by atoms with Gasteiger partial charge in [0.2, 0.25) is 5.91 Å². The van der Waals surface area contributed by atoms with Crippen LogP contribution in [0.4, 0.5) is 0 Å². The Labute approximate surface area is 123 Å². The molecule has 0 aromatic carbocycles. The van der Waals surface area contributed by atoms with Crippen molar-refractivity contribution in [3.8, 4) is 0 Å². The zero-order valence-electron chi connectivity index (χ0n) is 12.8. The molecular weight excluding hydrogens is 270 g/mol. The summed E-state index contributed by atoms with van der Waals surface area (Å²) in [6.07, 6.45) is 1.83. The van der Waals surface area contributed by atoms with E-state index in [1.54, 1.807) is 6.33 Å². The number of H-pyrrole nitrogens is 1. The smallest absolute Gasteiger partial charge is 0.326 e. The second kappa shape index (κ2) is 4.08. The molecule has 3 rings (SSSR count). The number of carboxylic acids is 1. The van der Waals surface area contributed by atoms with E-state index in [0.717, 1.165) is 11.4 Å². The van der Waals surface area contributed by atoms with Crippen LogP contribution in [0.3, 0.4) is 0 Å². The van der Waals surface area contributed by atoms with Crippen molar-refractivity contribution < 1.29 is 14.7 Å². The van der Waals surface area contributed by atoms with Crippen LogP contribution in [0.15, 0.2) is 6.33 Å². The Balaban J connectivity index is 1.90. The summed E-state index contributed by atoms with van der Waals surface area (Å²) in [4.78, 5) is 33.1. The molecule has 0 saturated heterocycles. The number of nitrogens with zero attached hydrogens (tertiary/aromatic N) is 2. The molecule has 2 heterocycles. The Bertz CT molecular complexity index is 603. The third-order valence-corrected chi connectivity index (χ3v) is 5.73. The predicted octanol–water partition coefficient (Wildman–Crippen LogP) is 1.43. The first-order valence-corrected chi connectivity index (χ1v) is 7.22. The number of fused-ring (bicyclic) bond motifs is 1. The Morgan fingerprint density at radius 1 is 1.33 bits per heavy atom. The summed E-state index contributed by atoms with van der Waals surface area (Å²) in [5.41, 5.74) is 1.40. The van der Waals surface area contributed by atoms with Crippen molar-refractivity contribution in [2.75, 3.05) is 0 Å². The molecule has 1 aliphatic heterocycles. The van der Waals surface area contributed by atoms with E-state index in [1.165, 1.54) is 4.90 Å². The number of aromatic nitrogens is 2. The molecule has 6 heteroatoms. The summed E-state index contributed by atoms with van der Waals surface area (Å²) in [5.74, 6) is -1.15. The molecule has 0 spiro atoms. The molecule has 1 amide bonds. The molecule has 6 nitrogen and oxygen atoms in total. The Morgan fingerprint density at radius 2 is 1.95 bits per heavy atom. The van der Waals surface area contributed by atoms with Crippen molar-refractivity contribution in [3.63, 3.8) is 0 Å². The second-order valence-electron chi connectivity index (χ2n) is 7.23. The molecule has 0 radical (unpaired) electrons. The molecule has 2 N–H and O–H groups in total. The second-order valence-corrected chi connectivity index (χ2v) is 7.23. The average Bonchev–Trinajstić information content (AvgIpc) is 2.73. The number of carbonyl (C=O) groups is 2. The van der Waals surface area contributed by atoms with Gasteiger partial charge in [0.25, 0.3) is 0 Å². The zero-order valence-corrected chi connectivity index (χ0v) is 12.8. The highest BCUT2D eigenvalue weighted by Crippen LogP contribution is 2.69. The Morgan fingerprint density at radius 3 is 2.48 bits per heavy atom. The van der Waals surface area contributed by atoms with E-state index in [9.17, 15) is 14.7 Å². The number of hydrogen-bond donors (Lipinski definition) is 2. The monoisotopic (exact) mass is 291 g/mol. The minimum atomic E-state index is -0.965. The molecule has 21 heavy (non-hydrogen) atoms. The van der Waals surface area contributed by atoms with E-state index in [2.05, 4.69) is 37.7 Å². The topological polar surface area (TPSA) is 86.3 Å². The Hall–Kier alpha value is -1.85. The first-order valence-electron chi connectivity index (χ1n) is 7.22. The predicted molar refractivity (Wildman–Crippen MR) is 75.3 cm³/mol. The lowest BCUT2D eigenvalue weighted by Gasteiger charge is -2.33. The summed E-state index contributed by atoms with van der Waals surface area (Å²) >= 11 is 0. The SMILES string of the molecule is CC1(C)C(C(=O)N2Cc3[nH]cnc3CC2C(=O)O)C1(C)C. The maximum absolute atomic E-state index is 12.9. The minimum absolute atomic E-state index is 0.0577. The lowest BCUT2D eigenvalue weighted by Crippen LogP contribution is -2.49. The first kappa shape index (κ1) is 14.1. The van der Waals surface area contributed by atoms with Gasteiger partial charge < -0.3 is 15.0 Å². The van der Waals surface area contributed by atoms with Crippen LogP contribution in [-0.2, 0) is 22.6 Å². The van der Waals surface area contributed by atoms with Crippen LogP contribution in [0.5, 0.6) is 0 Å². The van der Waals surface area contributed by atoms with Gasteiger partial charge in [-0.3, -0.25) is 4.79 Å². The minimum Gasteiger partial charge on any atom is -0.480 e. The van der Waals surface area contributed by atoms with Gasteiger partial charge in [-0.15, -0.1) is 0 Å². The van der Waals surface area contributed by atoms with Crippen LogP contribution in [0, 0.1) is 16.7 Å². The third kappa shape index (κ3) is 1.81. The van der Waals surface area contributed by atoms with Gasteiger partial charge in [0.05, 0.1) is 24.3 Å². The van der Waals surface area contributed by atoms with Crippen LogP contribution >= 0.6 is 0 Å². The van der Waals surface area contributed by atoms with E-state index >= 15 is 0 Å². The molecule has 1 aromatic heterocycles.